The van der Waals surface area contributed by atoms with Crippen molar-refractivity contribution in [1.29, 1.82) is 0 Å². The average Bonchev–Trinajstić information content (AvgIpc) is 2.33. The second kappa shape index (κ2) is 2.46. The normalized spacial score (nSPS) is 38.2. The van der Waals surface area contributed by atoms with Gasteiger partial charge in [0.1, 0.15) is 0 Å². The minimum Gasteiger partial charge on any atom is -0.130 e. The van der Waals surface area contributed by atoms with Crippen LogP contribution in [0.2, 0.25) is 0 Å². The molecule has 0 amide bonds. The van der Waals surface area contributed by atoms with Crippen LogP contribution in [0.1, 0.15) is 19.3 Å². The van der Waals surface area contributed by atoms with Crippen LogP contribution in [0.3, 0.4) is 0 Å². The molecule has 0 spiro atoms. The molecule has 54 valence electrons. The fourth-order valence-electron chi connectivity index (χ4n) is 1.74. The summed E-state index contributed by atoms with van der Waals surface area (Å²) < 4.78 is 0. The third kappa shape index (κ3) is 1.03. The molecule has 1 aliphatic carbocycles. The Bertz CT molecular complexity index is 181. The van der Waals surface area contributed by atoms with E-state index in [1.54, 1.807) is 0 Å². The molecule has 0 bridgehead atoms. The van der Waals surface area contributed by atoms with E-state index in [2.05, 4.69) is 18.1 Å². The van der Waals surface area contributed by atoms with Gasteiger partial charge in [-0.15, -0.1) is 11.8 Å². The van der Waals surface area contributed by atoms with Crippen LogP contribution in [-0.2, 0) is 0 Å². The van der Waals surface area contributed by atoms with Gasteiger partial charge in [-0.1, -0.05) is 18.2 Å². The summed E-state index contributed by atoms with van der Waals surface area (Å²) in [4.78, 5) is 0. The van der Waals surface area contributed by atoms with Crippen LogP contribution in [0.15, 0.2) is 23.6 Å². The van der Waals surface area contributed by atoms with Gasteiger partial charge in [0.2, 0.25) is 0 Å². The van der Waals surface area contributed by atoms with Crippen molar-refractivity contribution in [3.63, 3.8) is 0 Å². The Morgan fingerprint density at radius 1 is 1.60 bits per heavy atom. The maximum Gasteiger partial charge on any atom is 0.0157 e. The second-order valence-corrected chi connectivity index (χ2v) is 4.31. The minimum absolute atomic E-state index is 0.825. The molecule has 0 nitrogen and oxygen atoms in total. The van der Waals surface area contributed by atoms with E-state index in [4.69, 9.17) is 0 Å². The highest BCUT2D eigenvalue weighted by molar-refractivity contribution is 8.03. The summed E-state index contributed by atoms with van der Waals surface area (Å²) in [5.74, 6) is 0.825. The molecule has 2 atom stereocenters. The predicted octanol–water partition coefficient (Wildman–Crippen LogP) is 2.97. The highest BCUT2D eigenvalue weighted by Gasteiger charge is 2.27. The van der Waals surface area contributed by atoms with Crippen LogP contribution in [0.4, 0.5) is 0 Å². The van der Waals surface area contributed by atoms with E-state index in [-0.39, 0.29) is 0 Å². The number of thioether (sulfide) groups is 1. The summed E-state index contributed by atoms with van der Waals surface area (Å²) in [5, 5.41) is 3.15. The van der Waals surface area contributed by atoms with E-state index in [1.165, 1.54) is 24.8 Å². The molecule has 1 heterocycles. The monoisotopic (exact) mass is 152 g/mol. The standard InChI is InChI=1S/C9H12S/c1-7-2-3-9-8(6-7)4-5-10-9/h4-5,8-9H,1-3,6H2. The average molecular weight is 152 g/mol. The maximum atomic E-state index is 4.03. The second-order valence-electron chi connectivity index (χ2n) is 3.16. The van der Waals surface area contributed by atoms with Gasteiger partial charge in [0.05, 0.1) is 0 Å². The van der Waals surface area contributed by atoms with Gasteiger partial charge in [-0.2, -0.15) is 0 Å². The zero-order valence-corrected chi connectivity index (χ0v) is 6.86. The van der Waals surface area contributed by atoms with Crippen molar-refractivity contribution < 1.29 is 0 Å². The van der Waals surface area contributed by atoms with Crippen LogP contribution in [0, 0.1) is 5.92 Å². The zero-order chi connectivity index (χ0) is 6.97. The maximum absolute atomic E-state index is 4.03. The summed E-state index contributed by atoms with van der Waals surface area (Å²) in [6.07, 6.45) is 6.20. The van der Waals surface area contributed by atoms with Gasteiger partial charge in [0.25, 0.3) is 0 Å². The van der Waals surface area contributed by atoms with Crippen LogP contribution >= 0.6 is 11.8 Å². The van der Waals surface area contributed by atoms with Crippen molar-refractivity contribution in [2.45, 2.75) is 24.5 Å². The highest BCUT2D eigenvalue weighted by atomic mass is 32.2. The molecule has 10 heavy (non-hydrogen) atoms. The van der Waals surface area contributed by atoms with E-state index in [9.17, 15) is 0 Å². The lowest BCUT2D eigenvalue weighted by Crippen LogP contribution is -2.17. The first-order valence-electron chi connectivity index (χ1n) is 3.85. The molecule has 1 aliphatic heterocycles. The number of allylic oxidation sites excluding steroid dienone is 2. The summed E-state index contributed by atoms with van der Waals surface area (Å²) >= 11 is 2.01. The van der Waals surface area contributed by atoms with Gasteiger partial charge < -0.3 is 0 Å². The van der Waals surface area contributed by atoms with Gasteiger partial charge in [0.15, 0.2) is 0 Å². The van der Waals surface area contributed by atoms with E-state index < -0.39 is 0 Å². The molecule has 1 heteroatoms. The molecule has 0 N–H and O–H groups in total. The Labute approximate surface area is 66.4 Å². The lowest BCUT2D eigenvalue weighted by atomic mass is 9.86. The van der Waals surface area contributed by atoms with E-state index >= 15 is 0 Å². The number of hydrogen-bond acceptors (Lipinski definition) is 1. The molecule has 0 aromatic heterocycles. The van der Waals surface area contributed by atoms with E-state index in [0.29, 0.717) is 0 Å². The quantitative estimate of drug-likeness (QED) is 0.481. The smallest absolute Gasteiger partial charge is 0.0157 e. The highest BCUT2D eigenvalue weighted by Crippen LogP contribution is 2.41. The molecule has 2 aliphatic rings. The van der Waals surface area contributed by atoms with E-state index in [1.807, 2.05) is 11.8 Å². The lowest BCUT2D eigenvalue weighted by Gasteiger charge is -2.25. The van der Waals surface area contributed by atoms with Gasteiger partial charge in [-0.3, -0.25) is 0 Å². The van der Waals surface area contributed by atoms with Crippen molar-refractivity contribution in [1.82, 2.24) is 0 Å². The fourth-order valence-corrected chi connectivity index (χ4v) is 2.87. The zero-order valence-electron chi connectivity index (χ0n) is 6.05. The topological polar surface area (TPSA) is 0 Å². The lowest BCUT2D eigenvalue weighted by molar-refractivity contribution is 0.519. The molecular formula is C9H12S. The summed E-state index contributed by atoms with van der Waals surface area (Å²) in [6.45, 7) is 4.03. The molecule has 0 saturated heterocycles. The number of rotatable bonds is 0. The fraction of sp³-hybridized carbons (Fsp3) is 0.556. The Morgan fingerprint density at radius 2 is 2.50 bits per heavy atom. The first-order chi connectivity index (χ1) is 4.86. The van der Waals surface area contributed by atoms with Crippen molar-refractivity contribution in [3.05, 3.63) is 23.6 Å². The molecular weight excluding hydrogens is 140 g/mol. The van der Waals surface area contributed by atoms with Crippen molar-refractivity contribution in [2.24, 2.45) is 5.92 Å². The largest absolute Gasteiger partial charge is 0.130 e. The first kappa shape index (κ1) is 6.53. The Balaban J connectivity index is 2.08. The summed E-state index contributed by atoms with van der Waals surface area (Å²) in [7, 11) is 0. The Morgan fingerprint density at radius 3 is 3.40 bits per heavy atom. The van der Waals surface area contributed by atoms with Crippen molar-refractivity contribution >= 4 is 11.8 Å². The third-order valence-electron chi connectivity index (χ3n) is 2.36. The molecule has 2 rings (SSSR count). The van der Waals surface area contributed by atoms with Crippen LogP contribution in [0.25, 0.3) is 0 Å². The van der Waals surface area contributed by atoms with E-state index in [0.717, 1.165) is 11.2 Å². The minimum atomic E-state index is 0.825. The van der Waals surface area contributed by atoms with Crippen molar-refractivity contribution in [3.8, 4) is 0 Å². The van der Waals surface area contributed by atoms with Crippen molar-refractivity contribution in [2.75, 3.05) is 0 Å². The predicted molar refractivity (Wildman–Crippen MR) is 47.0 cm³/mol. The van der Waals surface area contributed by atoms with Crippen LogP contribution < -0.4 is 0 Å². The molecule has 2 unspecified atom stereocenters. The molecule has 1 saturated carbocycles. The van der Waals surface area contributed by atoms with Crippen LogP contribution in [-0.4, -0.2) is 5.25 Å². The van der Waals surface area contributed by atoms with Gasteiger partial charge in [-0.25, -0.2) is 0 Å². The number of hydrogen-bond donors (Lipinski definition) is 0. The molecule has 0 aromatic rings. The third-order valence-corrected chi connectivity index (χ3v) is 3.61. The SMILES string of the molecule is C=C1CCC2SC=CC2C1. The first-order valence-corrected chi connectivity index (χ1v) is 4.79. The Hall–Kier alpha value is -0.170. The van der Waals surface area contributed by atoms with Crippen LogP contribution in [0.5, 0.6) is 0 Å². The summed E-state index contributed by atoms with van der Waals surface area (Å²) in [6, 6.07) is 0. The van der Waals surface area contributed by atoms with Gasteiger partial charge in [-0.05, 0) is 30.6 Å². The Kier molecular flexibility index (Phi) is 1.61. The molecule has 0 radical (unpaired) electrons. The van der Waals surface area contributed by atoms with Gasteiger partial charge >= 0.3 is 0 Å². The molecule has 0 aromatic carbocycles. The summed E-state index contributed by atoms with van der Waals surface area (Å²) in [5.41, 5.74) is 1.45. The van der Waals surface area contributed by atoms with Gasteiger partial charge in [0, 0.05) is 5.25 Å². The number of fused-ring (bicyclic) bond motifs is 1. The molecule has 1 fully saturated rings.